The molecule has 13 heteroatoms. The van der Waals surface area contributed by atoms with Gasteiger partial charge in [0.1, 0.15) is 23.5 Å². The standard InChI is InChI=1S/C20H22F6N4O3/c1-18(2,3)33-17(32)30-7-6-29(15(31)10-30)5-4-14-27-13-9-11(19(21,22)23)8-12(16(13)28-14)20(24,25)26/h8-9H,4-7,10H2,1-3H3,(H,27,28). The Labute approximate surface area is 184 Å². The number of imidazole rings is 1. The molecule has 1 aromatic heterocycles. The molecular formula is C20H22F6N4O3. The summed E-state index contributed by atoms with van der Waals surface area (Å²) in [5.74, 6) is -0.379. The second-order valence-corrected chi connectivity index (χ2v) is 8.63. The Morgan fingerprint density at radius 3 is 2.30 bits per heavy atom. The van der Waals surface area contributed by atoms with Gasteiger partial charge in [0.15, 0.2) is 0 Å². The number of hydrogen-bond donors (Lipinski definition) is 1. The third-order valence-corrected chi connectivity index (χ3v) is 4.86. The van der Waals surface area contributed by atoms with Gasteiger partial charge in [-0.1, -0.05) is 0 Å². The number of rotatable bonds is 3. The number of amides is 2. The maximum Gasteiger partial charge on any atom is 0.418 e. The van der Waals surface area contributed by atoms with Crippen LogP contribution in [0.4, 0.5) is 31.1 Å². The van der Waals surface area contributed by atoms with Crippen LogP contribution in [-0.2, 0) is 28.3 Å². The summed E-state index contributed by atoms with van der Waals surface area (Å²) >= 11 is 0. The van der Waals surface area contributed by atoms with Gasteiger partial charge in [-0.05, 0) is 32.9 Å². The number of nitrogens with one attached hydrogen (secondary N) is 1. The van der Waals surface area contributed by atoms with Crippen LogP contribution < -0.4 is 0 Å². The summed E-state index contributed by atoms with van der Waals surface area (Å²) in [5, 5.41) is 0. The average molecular weight is 480 g/mol. The van der Waals surface area contributed by atoms with Crippen LogP contribution in [0.2, 0.25) is 0 Å². The molecule has 0 saturated carbocycles. The molecule has 2 amide bonds. The van der Waals surface area contributed by atoms with Gasteiger partial charge in [-0.25, -0.2) is 9.78 Å². The third-order valence-electron chi connectivity index (χ3n) is 4.86. The van der Waals surface area contributed by atoms with Crippen molar-refractivity contribution in [3.8, 4) is 0 Å². The predicted octanol–water partition coefficient (Wildman–Crippen LogP) is 4.22. The van der Waals surface area contributed by atoms with Crippen LogP contribution in [-0.4, -0.2) is 63.5 Å². The van der Waals surface area contributed by atoms with Gasteiger partial charge in [0.25, 0.3) is 0 Å². The average Bonchev–Trinajstić information content (AvgIpc) is 3.06. The molecule has 0 spiro atoms. The molecule has 1 N–H and O–H groups in total. The minimum Gasteiger partial charge on any atom is -0.444 e. The van der Waals surface area contributed by atoms with Crippen molar-refractivity contribution < 1.29 is 40.7 Å². The highest BCUT2D eigenvalue weighted by atomic mass is 19.4. The number of H-pyrrole nitrogens is 1. The number of aromatic amines is 1. The van der Waals surface area contributed by atoms with Gasteiger partial charge in [0.2, 0.25) is 5.91 Å². The molecule has 1 aliphatic rings. The normalized spacial score (nSPS) is 16.0. The maximum absolute atomic E-state index is 13.3. The van der Waals surface area contributed by atoms with Crippen LogP contribution in [0.3, 0.4) is 0 Å². The highest BCUT2D eigenvalue weighted by Gasteiger charge is 2.39. The lowest BCUT2D eigenvalue weighted by Gasteiger charge is -2.35. The van der Waals surface area contributed by atoms with E-state index in [1.54, 1.807) is 20.8 Å². The molecule has 33 heavy (non-hydrogen) atoms. The number of ether oxygens (including phenoxy) is 1. The minimum atomic E-state index is -5.03. The monoisotopic (exact) mass is 480 g/mol. The third kappa shape index (κ3) is 5.88. The molecule has 0 radical (unpaired) electrons. The van der Waals surface area contributed by atoms with E-state index < -0.39 is 52.1 Å². The van der Waals surface area contributed by atoms with E-state index in [0.717, 1.165) is 0 Å². The van der Waals surface area contributed by atoms with Crippen LogP contribution in [0, 0.1) is 0 Å². The topological polar surface area (TPSA) is 78.5 Å². The number of fused-ring (bicyclic) bond motifs is 1. The zero-order chi connectivity index (χ0) is 24.8. The molecule has 1 aromatic carbocycles. The zero-order valence-corrected chi connectivity index (χ0v) is 18.0. The number of piperazine rings is 1. The van der Waals surface area contributed by atoms with E-state index in [-0.39, 0.29) is 44.5 Å². The largest absolute Gasteiger partial charge is 0.444 e. The molecule has 2 heterocycles. The fourth-order valence-electron chi connectivity index (χ4n) is 3.33. The Bertz CT molecular complexity index is 1050. The molecule has 7 nitrogen and oxygen atoms in total. The second-order valence-electron chi connectivity index (χ2n) is 8.63. The lowest BCUT2D eigenvalue weighted by molar-refractivity contribution is -0.142. The lowest BCUT2D eigenvalue weighted by Crippen LogP contribution is -2.53. The molecular weight excluding hydrogens is 458 g/mol. The van der Waals surface area contributed by atoms with E-state index in [2.05, 4.69) is 9.97 Å². The van der Waals surface area contributed by atoms with Crippen LogP contribution in [0.15, 0.2) is 12.1 Å². The second kappa shape index (κ2) is 8.41. The van der Waals surface area contributed by atoms with Crippen molar-refractivity contribution in [2.24, 2.45) is 0 Å². The molecule has 3 rings (SSSR count). The van der Waals surface area contributed by atoms with Gasteiger partial charge in [-0.2, -0.15) is 26.3 Å². The molecule has 1 fully saturated rings. The van der Waals surface area contributed by atoms with Crippen molar-refractivity contribution in [1.29, 1.82) is 0 Å². The summed E-state index contributed by atoms with van der Waals surface area (Å²) < 4.78 is 84.2. The van der Waals surface area contributed by atoms with Crippen LogP contribution in [0.5, 0.6) is 0 Å². The van der Waals surface area contributed by atoms with Gasteiger partial charge in [0, 0.05) is 26.1 Å². The predicted molar refractivity (Wildman–Crippen MR) is 104 cm³/mol. The summed E-state index contributed by atoms with van der Waals surface area (Å²) in [6.07, 6.45) is -10.6. The van der Waals surface area contributed by atoms with E-state index in [1.807, 2.05) is 0 Å². The molecule has 0 aliphatic carbocycles. The van der Waals surface area contributed by atoms with E-state index in [4.69, 9.17) is 4.74 Å². The fraction of sp³-hybridized carbons (Fsp3) is 0.550. The summed E-state index contributed by atoms with van der Waals surface area (Å²) in [6.45, 7) is 5.29. The van der Waals surface area contributed by atoms with Gasteiger partial charge in [0.05, 0.1) is 16.6 Å². The number of alkyl halides is 6. The van der Waals surface area contributed by atoms with E-state index in [0.29, 0.717) is 6.07 Å². The Morgan fingerprint density at radius 1 is 1.09 bits per heavy atom. The van der Waals surface area contributed by atoms with Crippen molar-refractivity contribution in [3.63, 3.8) is 0 Å². The summed E-state index contributed by atoms with van der Waals surface area (Å²) in [7, 11) is 0. The van der Waals surface area contributed by atoms with Crippen LogP contribution >= 0.6 is 0 Å². The molecule has 0 bridgehead atoms. The van der Waals surface area contributed by atoms with Gasteiger partial charge in [-0.15, -0.1) is 0 Å². The lowest BCUT2D eigenvalue weighted by atomic mass is 10.1. The number of carbonyl (C=O) groups excluding carboxylic acids is 2. The quantitative estimate of drug-likeness (QED) is 0.668. The SMILES string of the molecule is CC(C)(C)OC(=O)N1CCN(CCc2nc3c(C(F)(F)F)cc(C(F)(F)F)cc3[nH]2)C(=O)C1. The Morgan fingerprint density at radius 2 is 1.76 bits per heavy atom. The number of aromatic nitrogens is 2. The summed E-state index contributed by atoms with van der Waals surface area (Å²) in [6, 6.07) is 0.609. The Balaban J connectivity index is 1.72. The smallest absolute Gasteiger partial charge is 0.418 e. The molecule has 1 saturated heterocycles. The van der Waals surface area contributed by atoms with Crippen molar-refractivity contribution >= 4 is 23.0 Å². The Kier molecular flexibility index (Phi) is 6.28. The number of halogens is 6. The highest BCUT2D eigenvalue weighted by Crippen LogP contribution is 2.39. The molecule has 2 aromatic rings. The number of benzene rings is 1. The first-order valence-electron chi connectivity index (χ1n) is 9.97. The van der Waals surface area contributed by atoms with Crippen molar-refractivity contribution in [2.75, 3.05) is 26.2 Å². The number of nitrogens with zero attached hydrogens (tertiary/aromatic N) is 3. The van der Waals surface area contributed by atoms with Crippen LogP contribution in [0.1, 0.15) is 37.7 Å². The molecule has 0 unspecified atom stereocenters. The molecule has 1 aliphatic heterocycles. The van der Waals surface area contributed by atoms with Crippen LogP contribution in [0.25, 0.3) is 11.0 Å². The van der Waals surface area contributed by atoms with E-state index in [9.17, 15) is 35.9 Å². The van der Waals surface area contributed by atoms with Gasteiger partial charge < -0.3 is 14.6 Å². The highest BCUT2D eigenvalue weighted by molar-refractivity contribution is 5.84. The minimum absolute atomic E-state index is 0.00843. The number of hydrogen-bond acceptors (Lipinski definition) is 4. The summed E-state index contributed by atoms with van der Waals surface area (Å²) in [4.78, 5) is 33.5. The number of carbonyl (C=O) groups is 2. The van der Waals surface area contributed by atoms with Crippen molar-refractivity contribution in [1.82, 2.24) is 19.8 Å². The van der Waals surface area contributed by atoms with E-state index >= 15 is 0 Å². The van der Waals surface area contributed by atoms with Crippen molar-refractivity contribution in [3.05, 3.63) is 29.1 Å². The molecule has 182 valence electrons. The van der Waals surface area contributed by atoms with Gasteiger partial charge in [-0.3, -0.25) is 9.69 Å². The zero-order valence-electron chi connectivity index (χ0n) is 18.0. The summed E-state index contributed by atoms with van der Waals surface area (Å²) in [5.41, 5.74) is -4.66. The maximum atomic E-state index is 13.3. The first kappa shape index (κ1) is 24.6. The fourth-order valence-corrected chi connectivity index (χ4v) is 3.33. The first-order valence-corrected chi connectivity index (χ1v) is 9.97. The Hall–Kier alpha value is -2.99. The van der Waals surface area contributed by atoms with E-state index in [1.165, 1.54) is 9.80 Å². The molecule has 0 atom stereocenters. The first-order chi connectivity index (χ1) is 15.0. The van der Waals surface area contributed by atoms with Crippen molar-refractivity contribution in [2.45, 2.75) is 45.1 Å². The van der Waals surface area contributed by atoms with Gasteiger partial charge >= 0.3 is 18.4 Å².